The predicted octanol–water partition coefficient (Wildman–Crippen LogP) is 3.29. The summed E-state index contributed by atoms with van der Waals surface area (Å²) in [7, 11) is 1.70. The number of carbonyl (C=O) groups excluding carboxylic acids is 1. The minimum Gasteiger partial charge on any atom is -0.320 e. The second kappa shape index (κ2) is 6.30. The van der Waals surface area contributed by atoms with E-state index in [0.29, 0.717) is 21.7 Å². The van der Waals surface area contributed by atoms with E-state index in [9.17, 15) is 13.6 Å². The van der Waals surface area contributed by atoms with Gasteiger partial charge in [-0.2, -0.15) is 0 Å². The molecular formula is C18H12F2N4OS. The molecule has 0 aliphatic carbocycles. The Morgan fingerprint density at radius 3 is 2.69 bits per heavy atom. The molecule has 1 aliphatic heterocycles. The van der Waals surface area contributed by atoms with E-state index in [1.165, 1.54) is 23.5 Å². The number of hydrogen-bond acceptors (Lipinski definition) is 4. The molecule has 0 saturated heterocycles. The maximum atomic E-state index is 14.0. The first kappa shape index (κ1) is 16.3. The number of para-hydroxylation sites is 1. The summed E-state index contributed by atoms with van der Waals surface area (Å²) in [5.74, 6) is -1.61. The van der Waals surface area contributed by atoms with Crippen LogP contribution in [0.1, 0.15) is 5.56 Å². The van der Waals surface area contributed by atoms with E-state index in [-0.39, 0.29) is 17.2 Å². The van der Waals surface area contributed by atoms with Gasteiger partial charge in [-0.15, -0.1) is 21.5 Å². The van der Waals surface area contributed by atoms with E-state index >= 15 is 0 Å². The van der Waals surface area contributed by atoms with Gasteiger partial charge < -0.3 is 9.88 Å². The second-order valence-electron chi connectivity index (χ2n) is 5.64. The number of benzene rings is 2. The Bertz CT molecular complexity index is 1130. The first-order valence-corrected chi connectivity index (χ1v) is 8.55. The molecule has 0 saturated carbocycles. The summed E-state index contributed by atoms with van der Waals surface area (Å²) in [4.78, 5) is 12.5. The van der Waals surface area contributed by atoms with E-state index < -0.39 is 11.6 Å². The van der Waals surface area contributed by atoms with Gasteiger partial charge in [-0.1, -0.05) is 18.2 Å². The zero-order chi connectivity index (χ0) is 18.3. The number of thiazole rings is 1. The molecule has 1 aromatic heterocycles. The van der Waals surface area contributed by atoms with Crippen molar-refractivity contribution < 1.29 is 13.6 Å². The Kier molecular flexibility index (Phi) is 3.96. The third kappa shape index (κ3) is 2.74. The van der Waals surface area contributed by atoms with Crippen molar-refractivity contribution in [2.75, 3.05) is 5.32 Å². The van der Waals surface area contributed by atoms with Gasteiger partial charge in [-0.25, -0.2) is 8.78 Å². The highest BCUT2D eigenvalue weighted by atomic mass is 32.1. The SMILES string of the molecule is Cn1c(-c2ccc(F)cc2F)cs/c1=N\N=C1\C(=O)Nc2ccccc21. The lowest BCUT2D eigenvalue weighted by atomic mass is 10.1. The lowest BCUT2D eigenvalue weighted by molar-refractivity contribution is -0.110. The number of amides is 1. The average molecular weight is 370 g/mol. The van der Waals surface area contributed by atoms with Crippen LogP contribution in [0.15, 0.2) is 58.0 Å². The van der Waals surface area contributed by atoms with Gasteiger partial charge in [0.25, 0.3) is 5.91 Å². The number of rotatable bonds is 2. The molecule has 1 aliphatic rings. The van der Waals surface area contributed by atoms with Gasteiger partial charge in [0.2, 0.25) is 4.80 Å². The fourth-order valence-corrected chi connectivity index (χ4v) is 3.54. The first-order valence-electron chi connectivity index (χ1n) is 7.67. The molecule has 2 aromatic carbocycles. The van der Waals surface area contributed by atoms with E-state index in [4.69, 9.17) is 0 Å². The van der Waals surface area contributed by atoms with Crippen LogP contribution in [0.2, 0.25) is 0 Å². The monoisotopic (exact) mass is 370 g/mol. The molecular weight excluding hydrogens is 358 g/mol. The summed E-state index contributed by atoms with van der Waals surface area (Å²) in [6.07, 6.45) is 0. The third-order valence-electron chi connectivity index (χ3n) is 4.01. The molecule has 1 amide bonds. The van der Waals surface area contributed by atoms with Gasteiger partial charge in [0, 0.05) is 29.6 Å². The fourth-order valence-electron chi connectivity index (χ4n) is 2.70. The molecule has 130 valence electrons. The molecule has 0 atom stereocenters. The molecule has 0 bridgehead atoms. The third-order valence-corrected chi connectivity index (χ3v) is 4.92. The summed E-state index contributed by atoms with van der Waals surface area (Å²) in [5, 5.41) is 12.7. The highest BCUT2D eigenvalue weighted by Gasteiger charge is 2.25. The number of hydrogen-bond donors (Lipinski definition) is 1. The van der Waals surface area contributed by atoms with Crippen LogP contribution in [-0.2, 0) is 11.8 Å². The average Bonchev–Trinajstić information content (AvgIpc) is 3.13. The highest BCUT2D eigenvalue weighted by molar-refractivity contribution is 7.07. The first-order chi connectivity index (χ1) is 12.5. The molecule has 0 spiro atoms. The van der Waals surface area contributed by atoms with Crippen molar-refractivity contribution in [3.63, 3.8) is 0 Å². The number of carbonyl (C=O) groups is 1. The summed E-state index contributed by atoms with van der Waals surface area (Å²) in [6.45, 7) is 0. The van der Waals surface area contributed by atoms with Crippen LogP contribution in [0.3, 0.4) is 0 Å². The Hall–Kier alpha value is -3.13. The van der Waals surface area contributed by atoms with Gasteiger partial charge in [-0.05, 0) is 18.2 Å². The molecule has 2 heterocycles. The summed E-state index contributed by atoms with van der Waals surface area (Å²) >= 11 is 1.25. The lowest BCUT2D eigenvalue weighted by Gasteiger charge is -2.04. The summed E-state index contributed by atoms with van der Waals surface area (Å²) < 4.78 is 28.8. The van der Waals surface area contributed by atoms with Crippen LogP contribution in [0, 0.1) is 11.6 Å². The number of anilines is 1. The maximum absolute atomic E-state index is 14.0. The minimum atomic E-state index is -0.652. The van der Waals surface area contributed by atoms with Crippen molar-refractivity contribution in [2.24, 2.45) is 17.3 Å². The number of nitrogens with one attached hydrogen (secondary N) is 1. The lowest BCUT2D eigenvalue weighted by Crippen LogP contribution is -2.15. The van der Waals surface area contributed by atoms with Gasteiger partial charge in [-0.3, -0.25) is 4.79 Å². The van der Waals surface area contributed by atoms with Gasteiger partial charge in [0.1, 0.15) is 11.6 Å². The number of aromatic nitrogens is 1. The maximum Gasteiger partial charge on any atom is 0.276 e. The Morgan fingerprint density at radius 2 is 1.88 bits per heavy atom. The van der Waals surface area contributed by atoms with Crippen molar-refractivity contribution in [3.05, 3.63) is 69.8 Å². The molecule has 0 unspecified atom stereocenters. The van der Waals surface area contributed by atoms with Crippen molar-refractivity contribution in [1.29, 1.82) is 0 Å². The van der Waals surface area contributed by atoms with Crippen LogP contribution >= 0.6 is 11.3 Å². The molecule has 3 aromatic rings. The summed E-state index contributed by atoms with van der Waals surface area (Å²) in [6, 6.07) is 10.6. The van der Waals surface area contributed by atoms with E-state index in [2.05, 4.69) is 15.5 Å². The van der Waals surface area contributed by atoms with E-state index in [1.807, 2.05) is 12.1 Å². The molecule has 4 rings (SSSR count). The van der Waals surface area contributed by atoms with Crippen LogP contribution in [0.4, 0.5) is 14.5 Å². The van der Waals surface area contributed by atoms with Crippen LogP contribution in [0.5, 0.6) is 0 Å². The van der Waals surface area contributed by atoms with Crippen LogP contribution in [-0.4, -0.2) is 16.2 Å². The molecule has 0 radical (unpaired) electrons. The molecule has 0 fully saturated rings. The minimum absolute atomic E-state index is 0.225. The van der Waals surface area contributed by atoms with Crippen molar-refractivity contribution in [3.8, 4) is 11.3 Å². The molecule has 1 N–H and O–H groups in total. The number of halogens is 2. The van der Waals surface area contributed by atoms with Crippen molar-refractivity contribution in [2.45, 2.75) is 0 Å². The van der Waals surface area contributed by atoms with Crippen LogP contribution < -0.4 is 10.1 Å². The zero-order valence-electron chi connectivity index (χ0n) is 13.5. The Labute approximate surface area is 151 Å². The molecule has 26 heavy (non-hydrogen) atoms. The predicted molar refractivity (Wildman–Crippen MR) is 95.8 cm³/mol. The summed E-state index contributed by atoms with van der Waals surface area (Å²) in [5.41, 5.74) is 2.41. The fraction of sp³-hybridized carbons (Fsp3) is 0.0556. The molecule has 8 heteroatoms. The van der Waals surface area contributed by atoms with E-state index in [0.717, 1.165) is 6.07 Å². The number of fused-ring (bicyclic) bond motifs is 1. The van der Waals surface area contributed by atoms with Gasteiger partial charge >= 0.3 is 0 Å². The largest absolute Gasteiger partial charge is 0.320 e. The quantitative estimate of drug-likeness (QED) is 0.692. The zero-order valence-corrected chi connectivity index (χ0v) is 14.3. The standard InChI is InChI=1S/C18H12F2N4OS/c1-24-15(11-7-6-10(19)8-13(11)20)9-26-18(24)23-22-16-12-4-2-3-5-14(12)21-17(16)25/h2-9H,1H3,(H,21,22,25)/b23-18-. The number of nitrogens with zero attached hydrogens (tertiary/aromatic N) is 3. The van der Waals surface area contributed by atoms with Crippen LogP contribution in [0.25, 0.3) is 11.3 Å². The Morgan fingerprint density at radius 1 is 1.08 bits per heavy atom. The van der Waals surface area contributed by atoms with Gasteiger partial charge in [0.15, 0.2) is 5.71 Å². The van der Waals surface area contributed by atoms with Crippen molar-refractivity contribution >= 4 is 28.6 Å². The normalized spacial score (nSPS) is 15.4. The second-order valence-corrected chi connectivity index (χ2v) is 6.47. The van der Waals surface area contributed by atoms with Gasteiger partial charge in [0.05, 0.1) is 11.4 Å². The molecule has 5 nitrogen and oxygen atoms in total. The topological polar surface area (TPSA) is 58.8 Å². The van der Waals surface area contributed by atoms with Crippen molar-refractivity contribution in [1.82, 2.24) is 4.57 Å². The highest BCUT2D eigenvalue weighted by Crippen LogP contribution is 2.24. The Balaban J connectivity index is 1.76. The van der Waals surface area contributed by atoms with E-state index in [1.54, 1.807) is 29.1 Å². The smallest absolute Gasteiger partial charge is 0.276 e.